The molecule has 7 rings (SSSR count). The highest BCUT2D eigenvalue weighted by Crippen LogP contribution is 2.27. The van der Waals surface area contributed by atoms with Crippen LogP contribution in [-0.4, -0.2) is 119 Å². The van der Waals surface area contributed by atoms with Gasteiger partial charge in [-0.05, 0) is 79.3 Å². The van der Waals surface area contributed by atoms with Crippen molar-refractivity contribution in [3.8, 4) is 0 Å². The molecule has 0 bridgehead atoms. The number of nitrogens with zero attached hydrogens (tertiary/aromatic N) is 5. The van der Waals surface area contributed by atoms with Crippen LogP contribution in [0.5, 0.6) is 0 Å². The predicted molar refractivity (Wildman–Crippen MR) is 190 cm³/mol. The van der Waals surface area contributed by atoms with E-state index in [4.69, 9.17) is 9.47 Å². The van der Waals surface area contributed by atoms with E-state index in [1.165, 1.54) is 0 Å². The number of likely N-dealkylation sites (tertiary alicyclic amines) is 2. The van der Waals surface area contributed by atoms with Crippen LogP contribution < -0.4 is 10.9 Å². The molecule has 1 N–H and O–H groups in total. The van der Waals surface area contributed by atoms with Crippen molar-refractivity contribution in [3.63, 3.8) is 0 Å². The van der Waals surface area contributed by atoms with Crippen LogP contribution in [0.1, 0.15) is 42.4 Å². The molecular formula is C38H48N6O6. The Balaban J connectivity index is 1.03. The van der Waals surface area contributed by atoms with Crippen molar-refractivity contribution in [2.24, 2.45) is 7.05 Å². The van der Waals surface area contributed by atoms with Gasteiger partial charge in [-0.3, -0.25) is 14.5 Å². The Bertz CT molecular complexity index is 1790. The average Bonchev–Trinajstić information content (AvgIpc) is 3.31. The Morgan fingerprint density at radius 3 is 2.34 bits per heavy atom. The third kappa shape index (κ3) is 7.22. The van der Waals surface area contributed by atoms with E-state index in [0.717, 1.165) is 78.8 Å². The SMILES string of the molecule is Cc1cc(CC(OC(=O)N2CCC(N3CCc4ccccc4NC3=O)CC2)C(=O)N2CCC(N3CCOCC3)CC2)cc2ccc(=O)n(C)c12. The number of ether oxygens (including phenoxy) is 2. The Morgan fingerprint density at radius 2 is 1.58 bits per heavy atom. The molecule has 2 aromatic carbocycles. The minimum atomic E-state index is -0.987. The average molecular weight is 685 g/mol. The van der Waals surface area contributed by atoms with Gasteiger partial charge in [0.1, 0.15) is 0 Å². The van der Waals surface area contributed by atoms with E-state index in [2.05, 4.69) is 10.2 Å². The van der Waals surface area contributed by atoms with Crippen molar-refractivity contribution in [1.82, 2.24) is 24.2 Å². The second-order valence-electron chi connectivity index (χ2n) is 14.1. The summed E-state index contributed by atoms with van der Waals surface area (Å²) in [5, 5.41) is 3.95. The molecule has 3 aromatic rings. The van der Waals surface area contributed by atoms with Crippen LogP contribution in [0.4, 0.5) is 15.3 Å². The molecule has 0 aliphatic carbocycles. The molecule has 12 nitrogen and oxygen atoms in total. The molecule has 12 heteroatoms. The number of benzene rings is 2. The molecule has 1 aromatic heterocycles. The van der Waals surface area contributed by atoms with Gasteiger partial charge in [-0.2, -0.15) is 0 Å². The van der Waals surface area contributed by atoms with Crippen LogP contribution in [-0.2, 0) is 34.2 Å². The molecule has 4 amide bonds. The number of nitrogens with one attached hydrogen (secondary N) is 1. The van der Waals surface area contributed by atoms with Gasteiger partial charge in [-0.1, -0.05) is 24.3 Å². The highest BCUT2D eigenvalue weighted by molar-refractivity contribution is 5.91. The molecule has 1 atom stereocenters. The number of carbonyl (C=O) groups excluding carboxylic acids is 3. The molecule has 0 spiro atoms. The minimum absolute atomic E-state index is 0.00934. The van der Waals surface area contributed by atoms with Crippen molar-refractivity contribution in [3.05, 3.63) is 75.6 Å². The molecule has 266 valence electrons. The topological polar surface area (TPSA) is 117 Å². The fourth-order valence-electron chi connectivity index (χ4n) is 8.26. The van der Waals surface area contributed by atoms with Gasteiger partial charge in [0.05, 0.1) is 18.7 Å². The van der Waals surface area contributed by atoms with E-state index < -0.39 is 12.2 Å². The number of anilines is 1. The van der Waals surface area contributed by atoms with Gasteiger partial charge >= 0.3 is 12.1 Å². The fraction of sp³-hybridized carbons (Fsp3) is 0.526. The first-order chi connectivity index (χ1) is 24.2. The van der Waals surface area contributed by atoms with Crippen LogP contribution in [0.3, 0.4) is 0 Å². The second-order valence-corrected chi connectivity index (χ2v) is 14.1. The van der Waals surface area contributed by atoms with Crippen molar-refractivity contribution >= 4 is 34.6 Å². The molecule has 3 saturated heterocycles. The number of piperidine rings is 2. The monoisotopic (exact) mass is 684 g/mol. The van der Waals surface area contributed by atoms with Crippen molar-refractivity contribution in [2.45, 2.75) is 63.6 Å². The number of rotatable bonds is 6. The first kappa shape index (κ1) is 34.0. The van der Waals surface area contributed by atoms with Crippen LogP contribution in [0.15, 0.2) is 53.3 Å². The van der Waals surface area contributed by atoms with Gasteiger partial charge < -0.3 is 34.1 Å². The van der Waals surface area contributed by atoms with E-state index in [-0.39, 0.29) is 30.0 Å². The number of urea groups is 1. The van der Waals surface area contributed by atoms with Gasteiger partial charge in [-0.15, -0.1) is 0 Å². The van der Waals surface area contributed by atoms with E-state index in [1.54, 1.807) is 28.6 Å². The zero-order valence-electron chi connectivity index (χ0n) is 29.1. The maximum absolute atomic E-state index is 14.2. The lowest BCUT2D eigenvalue weighted by Crippen LogP contribution is -2.53. The van der Waals surface area contributed by atoms with E-state index in [9.17, 15) is 19.2 Å². The first-order valence-electron chi connectivity index (χ1n) is 18.1. The number of fused-ring (bicyclic) bond motifs is 2. The summed E-state index contributed by atoms with van der Waals surface area (Å²) in [4.78, 5) is 61.2. The molecule has 1 unspecified atom stereocenters. The molecule has 0 saturated carbocycles. The number of pyridine rings is 1. The second kappa shape index (κ2) is 14.8. The quantitative estimate of drug-likeness (QED) is 0.421. The molecule has 3 fully saturated rings. The molecular weight excluding hydrogens is 636 g/mol. The summed E-state index contributed by atoms with van der Waals surface area (Å²) in [7, 11) is 1.76. The van der Waals surface area contributed by atoms with Gasteiger partial charge in [-0.25, -0.2) is 9.59 Å². The summed E-state index contributed by atoms with van der Waals surface area (Å²) in [5.74, 6) is -0.173. The Hall–Kier alpha value is -4.42. The van der Waals surface area contributed by atoms with E-state index in [1.807, 2.05) is 53.1 Å². The lowest BCUT2D eigenvalue weighted by atomic mass is 9.99. The fourth-order valence-corrected chi connectivity index (χ4v) is 8.26. The van der Waals surface area contributed by atoms with E-state index in [0.29, 0.717) is 51.6 Å². The number of morpholine rings is 1. The summed E-state index contributed by atoms with van der Waals surface area (Å²) < 4.78 is 13.3. The number of hydrogen-bond donors (Lipinski definition) is 1. The van der Waals surface area contributed by atoms with Crippen LogP contribution in [0, 0.1) is 6.92 Å². The summed E-state index contributed by atoms with van der Waals surface area (Å²) in [6.45, 7) is 8.00. The van der Waals surface area contributed by atoms with Crippen molar-refractivity contribution < 1.29 is 23.9 Å². The summed E-state index contributed by atoms with van der Waals surface area (Å²) >= 11 is 0. The zero-order chi connectivity index (χ0) is 34.8. The zero-order valence-corrected chi connectivity index (χ0v) is 29.1. The maximum Gasteiger partial charge on any atom is 0.410 e. The number of amides is 4. The summed E-state index contributed by atoms with van der Waals surface area (Å²) in [6.07, 6.45) is 2.53. The lowest BCUT2D eigenvalue weighted by Gasteiger charge is -2.41. The number of carbonyl (C=O) groups is 3. The van der Waals surface area contributed by atoms with Crippen LogP contribution in [0.25, 0.3) is 10.9 Å². The van der Waals surface area contributed by atoms with Gasteiger partial charge in [0, 0.05) is 83.1 Å². The summed E-state index contributed by atoms with van der Waals surface area (Å²) in [5.41, 5.74) is 4.53. The normalized spacial score (nSPS) is 20.3. The summed E-state index contributed by atoms with van der Waals surface area (Å²) in [6, 6.07) is 15.5. The Morgan fingerprint density at radius 1 is 0.880 bits per heavy atom. The number of aryl methyl sites for hydroxylation is 2. The lowest BCUT2D eigenvalue weighted by molar-refractivity contribution is -0.142. The standard InChI is InChI=1S/C38H48N6O6/c1-26-23-27(24-29-7-8-34(45)40(2)35(26)29)25-33(36(46)42-14-10-30(11-15-42)41-19-21-49-22-20-41)50-38(48)43-16-12-31(13-17-43)44-18-9-28-5-3-4-6-32(28)39-37(44)47/h3-8,23-24,30-31,33H,9-22,25H2,1-2H3,(H,39,47). The number of aromatic nitrogens is 1. The van der Waals surface area contributed by atoms with Crippen molar-refractivity contribution in [2.75, 3.05) is 64.3 Å². The van der Waals surface area contributed by atoms with Crippen LogP contribution in [0.2, 0.25) is 0 Å². The number of hydrogen-bond acceptors (Lipinski definition) is 7. The predicted octanol–water partition coefficient (Wildman–Crippen LogP) is 3.77. The largest absolute Gasteiger partial charge is 0.436 e. The smallest absolute Gasteiger partial charge is 0.410 e. The first-order valence-corrected chi connectivity index (χ1v) is 18.1. The molecule has 0 radical (unpaired) electrons. The third-order valence-electron chi connectivity index (χ3n) is 11.0. The van der Waals surface area contributed by atoms with Gasteiger partial charge in [0.15, 0.2) is 6.10 Å². The Labute approximate surface area is 292 Å². The minimum Gasteiger partial charge on any atom is -0.436 e. The highest BCUT2D eigenvalue weighted by Gasteiger charge is 2.36. The van der Waals surface area contributed by atoms with Crippen LogP contribution >= 0.6 is 0 Å². The molecule has 50 heavy (non-hydrogen) atoms. The van der Waals surface area contributed by atoms with Gasteiger partial charge in [0.25, 0.3) is 11.5 Å². The highest BCUT2D eigenvalue weighted by atomic mass is 16.6. The molecule has 5 heterocycles. The maximum atomic E-state index is 14.2. The third-order valence-corrected chi connectivity index (χ3v) is 11.0. The number of para-hydroxylation sites is 1. The van der Waals surface area contributed by atoms with Gasteiger partial charge in [0.2, 0.25) is 0 Å². The van der Waals surface area contributed by atoms with Crippen molar-refractivity contribution in [1.29, 1.82) is 0 Å². The van der Waals surface area contributed by atoms with E-state index >= 15 is 0 Å². The molecule has 4 aliphatic heterocycles. The Kier molecular flexibility index (Phi) is 10.1. The molecule has 4 aliphatic rings.